The maximum atomic E-state index is 5.12. The first kappa shape index (κ1) is 27.1. The first-order valence-corrected chi connectivity index (χ1v) is 16.7. The van der Waals surface area contributed by atoms with Gasteiger partial charge in [-0.3, -0.25) is 4.98 Å². The molecule has 0 N–H and O–H groups in total. The Labute approximate surface area is 278 Å². The summed E-state index contributed by atoms with van der Waals surface area (Å²) in [6.07, 6.45) is 6.61. The summed E-state index contributed by atoms with van der Waals surface area (Å²) in [4.78, 5) is 9.86. The first-order valence-electron chi connectivity index (χ1n) is 16.7. The highest BCUT2D eigenvalue weighted by Crippen LogP contribution is 2.44. The van der Waals surface area contributed by atoms with Crippen LogP contribution in [-0.2, 0) is 0 Å². The second-order valence-corrected chi connectivity index (χ2v) is 13.0. The molecule has 0 saturated heterocycles. The number of allylic oxidation sites excluding steroid dienone is 1. The van der Waals surface area contributed by atoms with E-state index in [0.29, 0.717) is 5.92 Å². The van der Waals surface area contributed by atoms with Gasteiger partial charge < -0.3 is 4.57 Å². The highest BCUT2D eigenvalue weighted by atomic mass is 15.0. The van der Waals surface area contributed by atoms with Crippen LogP contribution in [0.2, 0.25) is 0 Å². The van der Waals surface area contributed by atoms with Crippen molar-refractivity contribution in [3.05, 3.63) is 168 Å². The molecule has 48 heavy (non-hydrogen) atoms. The molecule has 9 aromatic rings. The van der Waals surface area contributed by atoms with Crippen LogP contribution >= 0.6 is 0 Å². The maximum Gasteiger partial charge on any atom is 0.0978 e. The molecule has 2 atom stereocenters. The maximum absolute atomic E-state index is 5.12. The van der Waals surface area contributed by atoms with Crippen molar-refractivity contribution in [3.8, 4) is 16.8 Å². The number of hydrogen-bond donors (Lipinski definition) is 0. The minimum atomic E-state index is 0.284. The Kier molecular flexibility index (Phi) is 5.91. The first-order chi connectivity index (χ1) is 23.7. The van der Waals surface area contributed by atoms with Crippen LogP contribution in [-0.4, -0.2) is 14.5 Å². The Morgan fingerprint density at radius 1 is 0.604 bits per heavy atom. The van der Waals surface area contributed by atoms with Crippen LogP contribution in [0.3, 0.4) is 0 Å². The van der Waals surface area contributed by atoms with Crippen LogP contribution in [0.5, 0.6) is 0 Å². The quantitative estimate of drug-likeness (QED) is 0.147. The van der Waals surface area contributed by atoms with Gasteiger partial charge in [0.15, 0.2) is 0 Å². The van der Waals surface area contributed by atoms with Gasteiger partial charge in [-0.15, -0.1) is 0 Å². The molecule has 1 aliphatic carbocycles. The molecule has 0 spiro atoms. The lowest BCUT2D eigenvalue weighted by Gasteiger charge is -2.28. The summed E-state index contributed by atoms with van der Waals surface area (Å²) in [7, 11) is 0. The Morgan fingerprint density at radius 3 is 2.33 bits per heavy atom. The zero-order valence-electron chi connectivity index (χ0n) is 26.5. The van der Waals surface area contributed by atoms with Crippen molar-refractivity contribution in [2.24, 2.45) is 0 Å². The molecule has 0 radical (unpaired) electrons. The number of rotatable bonds is 3. The van der Waals surface area contributed by atoms with E-state index in [0.717, 1.165) is 32.7 Å². The zero-order chi connectivity index (χ0) is 31.8. The largest absolute Gasteiger partial charge is 0.309 e. The average molecular weight is 614 g/mol. The summed E-state index contributed by atoms with van der Waals surface area (Å²) < 4.78 is 2.39. The SMILES string of the molecule is CC1c2ccc(-c3c4ccccc4nc4c3ccc3cccnc34)cc2C=CC1c1ccc2c(c1)c1ccccc1n2-c1ccccc1. The van der Waals surface area contributed by atoms with Crippen molar-refractivity contribution in [1.29, 1.82) is 0 Å². The minimum absolute atomic E-state index is 0.284. The third-order valence-corrected chi connectivity index (χ3v) is 10.4. The number of benzene rings is 6. The minimum Gasteiger partial charge on any atom is -0.309 e. The molecule has 0 saturated carbocycles. The molecule has 0 amide bonds. The van der Waals surface area contributed by atoms with E-state index < -0.39 is 0 Å². The van der Waals surface area contributed by atoms with Gasteiger partial charge in [0.05, 0.1) is 27.6 Å². The molecular weight excluding hydrogens is 583 g/mol. The number of fused-ring (bicyclic) bond motifs is 8. The molecule has 6 aromatic carbocycles. The van der Waals surface area contributed by atoms with E-state index in [4.69, 9.17) is 9.97 Å². The lowest BCUT2D eigenvalue weighted by Crippen LogP contribution is -2.11. The van der Waals surface area contributed by atoms with Gasteiger partial charge in [-0.2, -0.15) is 0 Å². The summed E-state index contributed by atoms with van der Waals surface area (Å²) in [6, 6.07) is 50.5. The highest BCUT2D eigenvalue weighted by molar-refractivity contribution is 6.16. The number of aromatic nitrogens is 3. The van der Waals surface area contributed by atoms with Crippen molar-refractivity contribution in [2.75, 3.05) is 0 Å². The van der Waals surface area contributed by atoms with Gasteiger partial charge in [0.25, 0.3) is 0 Å². The monoisotopic (exact) mass is 613 g/mol. The van der Waals surface area contributed by atoms with Crippen LogP contribution < -0.4 is 0 Å². The average Bonchev–Trinajstić information content (AvgIpc) is 3.48. The lowest BCUT2D eigenvalue weighted by atomic mass is 9.76. The van der Waals surface area contributed by atoms with Gasteiger partial charge in [0.2, 0.25) is 0 Å². The van der Waals surface area contributed by atoms with E-state index in [9.17, 15) is 0 Å². The van der Waals surface area contributed by atoms with Crippen LogP contribution in [0.15, 0.2) is 152 Å². The molecule has 0 aliphatic heterocycles. The highest BCUT2D eigenvalue weighted by Gasteiger charge is 2.26. The second kappa shape index (κ2) is 10.5. The Morgan fingerprint density at radius 2 is 1.42 bits per heavy atom. The summed E-state index contributed by atoms with van der Waals surface area (Å²) in [5.41, 5.74) is 13.0. The van der Waals surface area contributed by atoms with E-state index in [1.165, 1.54) is 55.3 Å². The van der Waals surface area contributed by atoms with E-state index in [-0.39, 0.29) is 5.92 Å². The fourth-order valence-corrected chi connectivity index (χ4v) is 8.11. The third kappa shape index (κ3) is 4.01. The smallest absolute Gasteiger partial charge is 0.0978 e. The third-order valence-electron chi connectivity index (χ3n) is 10.4. The van der Waals surface area contributed by atoms with Gasteiger partial charge >= 0.3 is 0 Å². The van der Waals surface area contributed by atoms with Gasteiger partial charge in [0, 0.05) is 50.3 Å². The van der Waals surface area contributed by atoms with Crippen LogP contribution in [0.25, 0.3) is 77.4 Å². The molecule has 2 unspecified atom stereocenters. The van der Waals surface area contributed by atoms with Crippen molar-refractivity contribution < 1.29 is 0 Å². The molecule has 0 fully saturated rings. The van der Waals surface area contributed by atoms with Gasteiger partial charge in [-0.25, -0.2) is 4.98 Å². The predicted octanol–water partition coefficient (Wildman–Crippen LogP) is 11.6. The standard InChI is InChI=1S/C45H31N3/c1-28-34-22-19-32(43-37-14-5-7-15-40(37)47-45-38(43)23-17-29-10-9-25-46-44(29)45)26-30(34)18-21-35(28)31-20-24-42-39(27-31)36-13-6-8-16-41(36)48(42)33-11-3-2-4-12-33/h2-28,35H,1H3. The fraction of sp³-hybridized carbons (Fsp3) is 0.0667. The summed E-state index contributed by atoms with van der Waals surface area (Å²) in [5, 5.41) is 5.99. The molecule has 10 rings (SSSR count). The summed E-state index contributed by atoms with van der Waals surface area (Å²) in [6.45, 7) is 2.37. The number of pyridine rings is 2. The van der Waals surface area contributed by atoms with Crippen molar-refractivity contribution in [3.63, 3.8) is 0 Å². The van der Waals surface area contributed by atoms with Crippen molar-refractivity contribution in [1.82, 2.24) is 14.5 Å². The van der Waals surface area contributed by atoms with Gasteiger partial charge in [0.1, 0.15) is 0 Å². The zero-order valence-corrected chi connectivity index (χ0v) is 26.5. The van der Waals surface area contributed by atoms with E-state index >= 15 is 0 Å². The topological polar surface area (TPSA) is 30.7 Å². The molecule has 3 heteroatoms. The van der Waals surface area contributed by atoms with Crippen molar-refractivity contribution >= 4 is 60.6 Å². The molecule has 1 aliphatic rings. The van der Waals surface area contributed by atoms with Crippen LogP contribution in [0.4, 0.5) is 0 Å². The molecular formula is C45H31N3. The van der Waals surface area contributed by atoms with Gasteiger partial charge in [-0.05, 0) is 76.7 Å². The molecule has 226 valence electrons. The van der Waals surface area contributed by atoms with E-state index in [1.54, 1.807) is 0 Å². The Bertz CT molecular complexity index is 2750. The van der Waals surface area contributed by atoms with Crippen LogP contribution in [0, 0.1) is 0 Å². The molecule has 3 heterocycles. The number of para-hydroxylation sites is 3. The van der Waals surface area contributed by atoms with Crippen LogP contribution in [0.1, 0.15) is 35.4 Å². The lowest BCUT2D eigenvalue weighted by molar-refractivity contribution is 0.670. The second-order valence-electron chi connectivity index (χ2n) is 13.0. The predicted molar refractivity (Wildman–Crippen MR) is 201 cm³/mol. The number of nitrogens with zero attached hydrogens (tertiary/aromatic N) is 3. The summed E-state index contributed by atoms with van der Waals surface area (Å²) >= 11 is 0. The fourth-order valence-electron chi connectivity index (χ4n) is 8.11. The molecule has 0 bridgehead atoms. The number of hydrogen-bond acceptors (Lipinski definition) is 2. The normalized spacial score (nSPS) is 15.9. The van der Waals surface area contributed by atoms with E-state index in [2.05, 4.69) is 157 Å². The van der Waals surface area contributed by atoms with E-state index in [1.807, 2.05) is 12.3 Å². The molecule has 3 aromatic heterocycles. The Hall–Kier alpha value is -6.06. The van der Waals surface area contributed by atoms with Gasteiger partial charge in [-0.1, -0.05) is 110 Å². The Balaban J connectivity index is 1.09. The summed E-state index contributed by atoms with van der Waals surface area (Å²) in [5.74, 6) is 0.615. The molecule has 3 nitrogen and oxygen atoms in total. The van der Waals surface area contributed by atoms with Crippen molar-refractivity contribution in [2.45, 2.75) is 18.8 Å².